The average Bonchev–Trinajstić information content (AvgIpc) is 3.44. The Morgan fingerprint density at radius 3 is 2.38 bits per heavy atom. The first kappa shape index (κ1) is 33.1. The molecule has 6 rings (SSSR count). The van der Waals surface area contributed by atoms with E-state index in [2.05, 4.69) is 21.9 Å². The third kappa shape index (κ3) is 6.64. The van der Waals surface area contributed by atoms with Crippen LogP contribution in [-0.4, -0.2) is 85.1 Å². The van der Waals surface area contributed by atoms with E-state index < -0.39 is 61.3 Å². The van der Waals surface area contributed by atoms with Crippen molar-refractivity contribution in [2.24, 2.45) is 5.11 Å². The minimum atomic E-state index is -2.69. The lowest BCUT2D eigenvalue weighted by molar-refractivity contribution is -0.386. The van der Waals surface area contributed by atoms with Gasteiger partial charge in [-0.15, -0.1) is 0 Å². The van der Waals surface area contributed by atoms with Gasteiger partial charge in [0.1, 0.15) is 31.5 Å². The largest absolute Gasteiger partial charge is 0.460 e. The van der Waals surface area contributed by atoms with Gasteiger partial charge in [-0.25, -0.2) is 9.59 Å². The standard InChI is InChI=1S/C34H34N4O10/c1-2-16-43-30(40)26(36-33(41)46-17-25-23-14-8-6-12-21(23)22-13-7-9-15-24(22)25)18-45-32-34(42,37-38-35)29(39)28-27(47-32)19-44-31(48-28)20-10-4-3-5-11-20/h2-15,25-29,31-32,39,42H,1,16-19H2,(H,36,41)/t26-,27+,28-,29-,31?,32-,34+/m0/s1. The number of ether oxygens (including phenoxy) is 6. The Morgan fingerprint density at radius 1 is 1.04 bits per heavy atom. The van der Waals surface area contributed by atoms with Crippen LogP contribution in [0.15, 0.2) is 96.6 Å². The van der Waals surface area contributed by atoms with Crippen LogP contribution in [0.1, 0.15) is 28.9 Å². The lowest BCUT2D eigenvalue weighted by atomic mass is 9.93. The van der Waals surface area contributed by atoms with Gasteiger partial charge in [0, 0.05) is 16.4 Å². The summed E-state index contributed by atoms with van der Waals surface area (Å²) in [6.45, 7) is 2.64. The minimum Gasteiger partial charge on any atom is -0.460 e. The summed E-state index contributed by atoms with van der Waals surface area (Å²) in [7, 11) is 0. The van der Waals surface area contributed by atoms with E-state index >= 15 is 0 Å². The number of fused-ring (bicyclic) bond motifs is 4. The third-order valence-corrected chi connectivity index (χ3v) is 8.41. The van der Waals surface area contributed by atoms with Crippen LogP contribution in [-0.2, 0) is 33.2 Å². The first-order chi connectivity index (χ1) is 23.3. The van der Waals surface area contributed by atoms with E-state index in [1.165, 1.54) is 6.08 Å². The summed E-state index contributed by atoms with van der Waals surface area (Å²) in [4.78, 5) is 28.7. The van der Waals surface area contributed by atoms with Crippen molar-refractivity contribution in [2.45, 2.75) is 48.6 Å². The number of esters is 1. The number of carbonyl (C=O) groups excluding carboxylic acids is 2. The number of hydrogen-bond acceptors (Lipinski definition) is 11. The molecule has 0 saturated carbocycles. The van der Waals surface area contributed by atoms with Gasteiger partial charge >= 0.3 is 12.1 Å². The molecule has 0 bridgehead atoms. The number of nitrogens with one attached hydrogen (secondary N) is 1. The maximum Gasteiger partial charge on any atom is 0.407 e. The van der Waals surface area contributed by atoms with Gasteiger partial charge in [-0.05, 0) is 27.8 Å². The maximum absolute atomic E-state index is 13.0. The molecule has 48 heavy (non-hydrogen) atoms. The topological polar surface area (TPSA) is 191 Å². The molecule has 3 aromatic carbocycles. The number of azide groups is 1. The lowest BCUT2D eigenvalue weighted by Gasteiger charge is -2.49. The third-order valence-electron chi connectivity index (χ3n) is 8.41. The summed E-state index contributed by atoms with van der Waals surface area (Å²) < 4.78 is 34.0. The van der Waals surface area contributed by atoms with E-state index in [1.807, 2.05) is 54.6 Å². The molecule has 2 heterocycles. The average molecular weight is 659 g/mol. The van der Waals surface area contributed by atoms with E-state index in [1.54, 1.807) is 24.3 Å². The number of hydrogen-bond donors (Lipinski definition) is 3. The number of benzene rings is 3. The van der Waals surface area contributed by atoms with Crippen molar-refractivity contribution >= 4 is 12.1 Å². The normalized spacial score (nSPS) is 26.5. The highest BCUT2D eigenvalue weighted by Gasteiger charge is 2.58. The monoisotopic (exact) mass is 658 g/mol. The van der Waals surface area contributed by atoms with Crippen molar-refractivity contribution in [1.82, 2.24) is 5.32 Å². The van der Waals surface area contributed by atoms with E-state index in [0.29, 0.717) is 5.56 Å². The number of rotatable bonds is 11. The number of amides is 1. The van der Waals surface area contributed by atoms with Gasteiger partial charge in [-0.2, -0.15) is 0 Å². The molecule has 14 heteroatoms. The Labute approximate surface area is 275 Å². The molecule has 250 valence electrons. The summed E-state index contributed by atoms with van der Waals surface area (Å²) in [6.07, 6.45) is -6.23. The first-order valence-corrected chi connectivity index (χ1v) is 15.3. The van der Waals surface area contributed by atoms with Crippen LogP contribution >= 0.6 is 0 Å². The Balaban J connectivity index is 1.13. The molecular formula is C34H34N4O10. The van der Waals surface area contributed by atoms with Crippen molar-refractivity contribution in [1.29, 1.82) is 0 Å². The minimum absolute atomic E-state index is 0.0171. The Bertz CT molecular complexity index is 1640. The number of alkyl carbamates (subject to hydrolysis) is 1. The van der Waals surface area contributed by atoms with E-state index in [-0.39, 0.29) is 25.7 Å². The van der Waals surface area contributed by atoms with E-state index in [9.17, 15) is 25.3 Å². The molecule has 1 amide bonds. The number of carbonyl (C=O) groups is 2. The van der Waals surface area contributed by atoms with Crippen LogP contribution in [0, 0.1) is 0 Å². The van der Waals surface area contributed by atoms with Crippen LogP contribution in [0.3, 0.4) is 0 Å². The second kappa shape index (κ2) is 14.5. The smallest absolute Gasteiger partial charge is 0.407 e. The summed E-state index contributed by atoms with van der Waals surface area (Å²) in [6, 6.07) is 23.1. The Morgan fingerprint density at radius 2 is 1.71 bits per heavy atom. The second-order valence-electron chi connectivity index (χ2n) is 11.4. The summed E-state index contributed by atoms with van der Waals surface area (Å²) in [5.74, 6) is -1.13. The van der Waals surface area contributed by atoms with Crippen LogP contribution in [0.25, 0.3) is 21.6 Å². The molecule has 7 atom stereocenters. The number of aliphatic hydroxyl groups excluding tert-OH is 1. The van der Waals surface area contributed by atoms with Gasteiger partial charge in [0.2, 0.25) is 5.72 Å². The molecule has 3 aliphatic rings. The second-order valence-corrected chi connectivity index (χ2v) is 11.4. The van der Waals surface area contributed by atoms with Crippen LogP contribution < -0.4 is 5.32 Å². The van der Waals surface area contributed by atoms with Crippen molar-refractivity contribution < 1.29 is 48.2 Å². The van der Waals surface area contributed by atoms with E-state index in [4.69, 9.17) is 28.4 Å². The van der Waals surface area contributed by atoms with Gasteiger partial charge in [0.15, 0.2) is 18.6 Å². The summed E-state index contributed by atoms with van der Waals surface area (Å²) in [5, 5.41) is 28.4. The summed E-state index contributed by atoms with van der Waals surface area (Å²) in [5.41, 5.74) is 11.3. The molecule has 3 aromatic rings. The highest BCUT2D eigenvalue weighted by molar-refractivity contribution is 5.82. The van der Waals surface area contributed by atoms with Crippen LogP contribution in [0.5, 0.6) is 0 Å². The predicted octanol–water partition coefficient (Wildman–Crippen LogP) is 3.84. The Kier molecular flexibility index (Phi) is 10.0. The maximum atomic E-state index is 13.0. The molecule has 0 radical (unpaired) electrons. The van der Waals surface area contributed by atoms with E-state index in [0.717, 1.165) is 22.3 Å². The molecule has 2 aliphatic heterocycles. The number of nitrogens with zero attached hydrogens (tertiary/aromatic N) is 3. The molecule has 0 spiro atoms. The zero-order valence-electron chi connectivity index (χ0n) is 25.7. The number of aliphatic hydroxyl groups is 2. The lowest BCUT2D eigenvalue weighted by Crippen LogP contribution is -2.68. The zero-order valence-corrected chi connectivity index (χ0v) is 25.7. The molecule has 2 fully saturated rings. The van der Waals surface area contributed by atoms with Crippen LogP contribution in [0.4, 0.5) is 4.79 Å². The van der Waals surface area contributed by atoms with Gasteiger partial charge in [0.25, 0.3) is 0 Å². The SMILES string of the molecule is C=CCOC(=O)[C@H](CO[C@H]1O[C@@H]2COC(c3ccccc3)O[C@@H]2[C@H](O)[C@]1(O)N=[N+]=[N-])NC(=O)OCC1c2ccccc2-c2ccccc21. The molecular weight excluding hydrogens is 624 g/mol. The molecule has 1 aliphatic carbocycles. The molecule has 14 nitrogen and oxygen atoms in total. The van der Waals surface area contributed by atoms with Crippen molar-refractivity contribution in [3.63, 3.8) is 0 Å². The highest BCUT2D eigenvalue weighted by Crippen LogP contribution is 2.44. The van der Waals surface area contributed by atoms with Gasteiger partial charge < -0.3 is 44.0 Å². The fourth-order valence-electron chi connectivity index (χ4n) is 6.08. The van der Waals surface area contributed by atoms with Crippen molar-refractivity contribution in [2.75, 3.05) is 26.4 Å². The predicted molar refractivity (Wildman–Crippen MR) is 168 cm³/mol. The first-order valence-electron chi connectivity index (χ1n) is 15.3. The zero-order chi connectivity index (χ0) is 33.7. The molecule has 0 aromatic heterocycles. The molecule has 1 unspecified atom stereocenters. The molecule has 2 saturated heterocycles. The fourth-order valence-corrected chi connectivity index (χ4v) is 6.08. The fraction of sp³-hybridized carbons (Fsp3) is 0.353. The highest BCUT2D eigenvalue weighted by atomic mass is 16.8. The summed E-state index contributed by atoms with van der Waals surface area (Å²) >= 11 is 0. The quantitative estimate of drug-likeness (QED) is 0.0897. The van der Waals surface area contributed by atoms with Gasteiger partial charge in [-0.1, -0.05) is 96.6 Å². The van der Waals surface area contributed by atoms with Gasteiger partial charge in [0.05, 0.1) is 13.2 Å². The van der Waals surface area contributed by atoms with Gasteiger partial charge in [-0.3, -0.25) is 0 Å². The van der Waals surface area contributed by atoms with Crippen LogP contribution in [0.2, 0.25) is 0 Å². The van der Waals surface area contributed by atoms with Crippen molar-refractivity contribution in [3.05, 3.63) is 119 Å². The molecule has 3 N–H and O–H groups in total. The Hall–Kier alpha value is -4.79. The van der Waals surface area contributed by atoms with Crippen molar-refractivity contribution in [3.8, 4) is 11.1 Å².